The second-order valence-electron chi connectivity index (χ2n) is 4.83. The number of carbonyl (C=O) groups excluding carboxylic acids is 1. The molecule has 0 radical (unpaired) electrons. The average Bonchev–Trinajstić information content (AvgIpc) is 2.61. The molecule has 2 aromatic carbocycles. The zero-order valence-electron chi connectivity index (χ0n) is 13.8. The molecule has 0 aliphatic carbocycles. The molecule has 130 valence electrons. The topological polar surface area (TPSA) is 87.9 Å². The van der Waals surface area contributed by atoms with Gasteiger partial charge >= 0.3 is 5.97 Å². The van der Waals surface area contributed by atoms with Gasteiger partial charge in [0, 0.05) is 6.08 Å². The first-order valence-electron chi connectivity index (χ1n) is 7.49. The van der Waals surface area contributed by atoms with E-state index in [0.717, 1.165) is 6.20 Å². The quantitative estimate of drug-likeness (QED) is 0.330. The van der Waals surface area contributed by atoms with Crippen LogP contribution in [-0.2, 0) is 0 Å². The highest BCUT2D eigenvalue weighted by Gasteiger charge is 2.16. The fraction of sp³-hybridized carbons (Fsp3) is 0.167. The summed E-state index contributed by atoms with van der Waals surface area (Å²) in [4.78, 5) is 22.2. The maximum absolute atomic E-state index is 12.4. The van der Waals surface area contributed by atoms with Gasteiger partial charge in [-0.05, 0) is 36.8 Å². The minimum absolute atomic E-state index is 0.206. The van der Waals surface area contributed by atoms with Crippen LogP contribution in [0.5, 0.6) is 17.2 Å². The van der Waals surface area contributed by atoms with Crippen molar-refractivity contribution in [3.05, 3.63) is 69.9 Å². The van der Waals surface area contributed by atoms with Crippen LogP contribution >= 0.6 is 0 Å². The predicted molar refractivity (Wildman–Crippen MR) is 91.6 cm³/mol. The summed E-state index contributed by atoms with van der Waals surface area (Å²) >= 11 is 0. The lowest BCUT2D eigenvalue weighted by atomic mass is 10.2. The second kappa shape index (κ2) is 8.49. The van der Waals surface area contributed by atoms with Crippen molar-refractivity contribution in [2.24, 2.45) is 0 Å². The first kappa shape index (κ1) is 18.0. The third kappa shape index (κ3) is 4.81. The molecular weight excluding hydrogens is 326 g/mol. The minimum Gasteiger partial charge on any atom is -0.493 e. The molecule has 25 heavy (non-hydrogen) atoms. The number of hydrogen-bond acceptors (Lipinski definition) is 6. The van der Waals surface area contributed by atoms with E-state index in [1.54, 1.807) is 30.3 Å². The van der Waals surface area contributed by atoms with Crippen LogP contribution < -0.4 is 14.2 Å². The zero-order chi connectivity index (χ0) is 18.2. The number of rotatable bonds is 7. The first-order valence-corrected chi connectivity index (χ1v) is 7.49. The van der Waals surface area contributed by atoms with E-state index in [9.17, 15) is 14.9 Å². The van der Waals surface area contributed by atoms with Crippen molar-refractivity contribution in [3.63, 3.8) is 0 Å². The number of para-hydroxylation sites is 1. The number of methoxy groups -OCH3 is 1. The Labute approximate surface area is 144 Å². The van der Waals surface area contributed by atoms with Gasteiger partial charge in [-0.3, -0.25) is 10.1 Å². The monoisotopic (exact) mass is 343 g/mol. The smallest absolute Gasteiger partial charge is 0.347 e. The van der Waals surface area contributed by atoms with E-state index in [-0.39, 0.29) is 11.5 Å². The number of benzene rings is 2. The highest BCUT2D eigenvalue weighted by Crippen LogP contribution is 2.30. The maximum Gasteiger partial charge on any atom is 0.347 e. The van der Waals surface area contributed by atoms with E-state index in [0.29, 0.717) is 23.5 Å². The Balaban J connectivity index is 2.25. The lowest BCUT2D eigenvalue weighted by Gasteiger charge is -2.12. The number of ether oxygens (including phenoxy) is 3. The maximum atomic E-state index is 12.4. The molecule has 7 nitrogen and oxygen atoms in total. The van der Waals surface area contributed by atoms with E-state index in [4.69, 9.17) is 14.2 Å². The highest BCUT2D eigenvalue weighted by molar-refractivity contribution is 5.94. The molecule has 0 N–H and O–H groups in total. The van der Waals surface area contributed by atoms with Gasteiger partial charge in [-0.15, -0.1) is 0 Å². The van der Waals surface area contributed by atoms with Crippen molar-refractivity contribution in [1.82, 2.24) is 0 Å². The zero-order valence-corrected chi connectivity index (χ0v) is 13.8. The molecule has 0 aromatic heterocycles. The molecular formula is C18H17NO6. The molecule has 2 aromatic rings. The highest BCUT2D eigenvalue weighted by atomic mass is 16.6. The van der Waals surface area contributed by atoms with Crippen molar-refractivity contribution in [2.45, 2.75) is 6.92 Å². The molecule has 0 unspecified atom stereocenters. The second-order valence-corrected chi connectivity index (χ2v) is 4.83. The molecule has 0 heterocycles. The molecule has 0 saturated heterocycles. The Bertz CT molecular complexity index is 800. The summed E-state index contributed by atoms with van der Waals surface area (Å²) in [7, 11) is 1.42. The Morgan fingerprint density at radius 1 is 1.16 bits per heavy atom. The van der Waals surface area contributed by atoms with Crippen molar-refractivity contribution < 1.29 is 23.9 Å². The molecule has 0 saturated carbocycles. The minimum atomic E-state index is -0.587. The number of hydrogen-bond donors (Lipinski definition) is 0. The van der Waals surface area contributed by atoms with Crippen molar-refractivity contribution in [2.75, 3.05) is 13.7 Å². The predicted octanol–water partition coefficient (Wildman–Crippen LogP) is 3.56. The Morgan fingerprint density at radius 3 is 2.60 bits per heavy atom. The van der Waals surface area contributed by atoms with E-state index < -0.39 is 10.9 Å². The van der Waals surface area contributed by atoms with E-state index >= 15 is 0 Å². The standard InChI is InChI=1S/C18H17NO6/c1-3-24-15-7-5-4-6-14(15)18(20)25-16-9-8-13(10-11-19(21)22)12-17(16)23-2/h4-12H,3H2,1-2H3. The molecule has 0 spiro atoms. The van der Waals surface area contributed by atoms with Gasteiger partial charge in [0.2, 0.25) is 6.20 Å². The van der Waals surface area contributed by atoms with Crippen molar-refractivity contribution in [3.8, 4) is 17.2 Å². The van der Waals surface area contributed by atoms with Crippen LogP contribution in [0.15, 0.2) is 48.7 Å². The fourth-order valence-electron chi connectivity index (χ4n) is 2.09. The molecule has 0 fully saturated rings. The molecule has 0 atom stereocenters. The van der Waals surface area contributed by atoms with Gasteiger partial charge in [0.1, 0.15) is 11.3 Å². The molecule has 0 aliphatic rings. The summed E-state index contributed by atoms with van der Waals surface area (Å²) in [5, 5.41) is 10.4. The van der Waals surface area contributed by atoms with Crippen LogP contribution in [0.1, 0.15) is 22.8 Å². The first-order chi connectivity index (χ1) is 12.0. The SMILES string of the molecule is CCOc1ccccc1C(=O)Oc1ccc(C=C[N+](=O)[O-])cc1OC. The third-order valence-electron chi connectivity index (χ3n) is 3.19. The Kier molecular flexibility index (Phi) is 6.11. The number of nitro groups is 1. The number of carbonyl (C=O) groups is 1. The van der Waals surface area contributed by atoms with Crippen LogP contribution in [-0.4, -0.2) is 24.6 Å². The summed E-state index contributed by atoms with van der Waals surface area (Å²) in [6, 6.07) is 11.4. The van der Waals surface area contributed by atoms with Crippen LogP contribution in [0.3, 0.4) is 0 Å². The lowest BCUT2D eigenvalue weighted by Crippen LogP contribution is -2.11. The van der Waals surface area contributed by atoms with Gasteiger partial charge in [-0.25, -0.2) is 4.79 Å². The van der Waals surface area contributed by atoms with Gasteiger partial charge in [0.05, 0.1) is 18.6 Å². The summed E-state index contributed by atoms with van der Waals surface area (Å²) < 4.78 is 16.0. The Hall–Kier alpha value is -3.35. The van der Waals surface area contributed by atoms with Crippen LogP contribution in [0.25, 0.3) is 6.08 Å². The van der Waals surface area contributed by atoms with E-state index in [1.165, 1.54) is 25.3 Å². The summed E-state index contributed by atoms with van der Waals surface area (Å²) in [6.07, 6.45) is 2.14. The van der Waals surface area contributed by atoms with Crippen LogP contribution in [0, 0.1) is 10.1 Å². The molecule has 0 aliphatic heterocycles. The summed E-state index contributed by atoms with van der Waals surface area (Å²) in [5.41, 5.74) is 0.840. The summed E-state index contributed by atoms with van der Waals surface area (Å²) in [5.74, 6) is 0.334. The van der Waals surface area contributed by atoms with Gasteiger partial charge in [0.25, 0.3) is 0 Å². The number of nitrogens with zero attached hydrogens (tertiary/aromatic N) is 1. The van der Waals surface area contributed by atoms with Gasteiger partial charge < -0.3 is 14.2 Å². The molecule has 0 amide bonds. The molecule has 0 bridgehead atoms. The normalized spacial score (nSPS) is 10.5. The molecule has 2 rings (SSSR count). The number of esters is 1. The van der Waals surface area contributed by atoms with Crippen molar-refractivity contribution in [1.29, 1.82) is 0 Å². The fourth-order valence-corrected chi connectivity index (χ4v) is 2.09. The van der Waals surface area contributed by atoms with E-state index in [2.05, 4.69) is 0 Å². The average molecular weight is 343 g/mol. The van der Waals surface area contributed by atoms with E-state index in [1.807, 2.05) is 6.92 Å². The largest absolute Gasteiger partial charge is 0.493 e. The lowest BCUT2D eigenvalue weighted by molar-refractivity contribution is -0.400. The van der Waals surface area contributed by atoms with Crippen molar-refractivity contribution >= 4 is 12.0 Å². The Morgan fingerprint density at radius 2 is 1.92 bits per heavy atom. The molecule has 7 heteroatoms. The summed E-state index contributed by atoms with van der Waals surface area (Å²) in [6.45, 7) is 2.24. The third-order valence-corrected chi connectivity index (χ3v) is 3.19. The van der Waals surface area contributed by atoms with Gasteiger partial charge in [0.15, 0.2) is 11.5 Å². The van der Waals surface area contributed by atoms with Gasteiger partial charge in [-0.1, -0.05) is 18.2 Å². The van der Waals surface area contributed by atoms with Crippen LogP contribution in [0.2, 0.25) is 0 Å². The van der Waals surface area contributed by atoms with Crippen LogP contribution in [0.4, 0.5) is 0 Å². The van der Waals surface area contributed by atoms with Gasteiger partial charge in [-0.2, -0.15) is 0 Å².